The molecule has 0 aromatic heterocycles. The number of fused-ring (bicyclic) bond motifs is 2. The van der Waals surface area contributed by atoms with Crippen molar-refractivity contribution in [3.63, 3.8) is 0 Å². The van der Waals surface area contributed by atoms with Gasteiger partial charge < -0.3 is 9.64 Å². The number of carbonyl (C=O) groups excluding carboxylic acids is 2. The first-order valence-electron chi connectivity index (χ1n) is 8.12. The van der Waals surface area contributed by atoms with Crippen LogP contribution in [0.2, 0.25) is 0 Å². The van der Waals surface area contributed by atoms with Crippen LogP contribution in [-0.4, -0.2) is 30.5 Å². The molecule has 1 aliphatic carbocycles. The fourth-order valence-electron chi connectivity index (χ4n) is 3.41. The maximum atomic E-state index is 14.5. The lowest BCUT2D eigenvalue weighted by atomic mass is 9.86. The number of nitrogens with zero attached hydrogens (tertiary/aromatic N) is 1. The van der Waals surface area contributed by atoms with Gasteiger partial charge in [0.1, 0.15) is 11.6 Å². The van der Waals surface area contributed by atoms with Gasteiger partial charge in [-0.05, 0) is 42.7 Å². The first-order chi connectivity index (χ1) is 12.0. The molecule has 1 spiro atoms. The minimum Gasteiger partial charge on any atom is -0.410 e. The predicted octanol–water partition coefficient (Wildman–Crippen LogP) is 3.55. The highest BCUT2D eigenvalue weighted by Gasteiger charge is 2.51. The van der Waals surface area contributed by atoms with Crippen molar-refractivity contribution in [3.8, 4) is 5.75 Å². The monoisotopic (exact) mass is 340 g/mol. The molecule has 6 heteroatoms. The van der Waals surface area contributed by atoms with E-state index in [2.05, 4.69) is 5.32 Å². The van der Waals surface area contributed by atoms with Crippen molar-refractivity contribution in [1.29, 1.82) is 0 Å². The van der Waals surface area contributed by atoms with Crippen LogP contribution in [0.25, 0.3) is 0 Å². The number of para-hydroxylation sites is 1. The van der Waals surface area contributed by atoms with Gasteiger partial charge in [-0.15, -0.1) is 0 Å². The van der Waals surface area contributed by atoms with E-state index in [0.29, 0.717) is 17.9 Å². The summed E-state index contributed by atoms with van der Waals surface area (Å²) in [5.41, 5.74) is 1.01. The lowest BCUT2D eigenvalue weighted by Crippen LogP contribution is -2.41. The number of nitrogens with one attached hydrogen (secondary N) is 1. The smallest absolute Gasteiger partial charge is 0.410 e. The van der Waals surface area contributed by atoms with Crippen molar-refractivity contribution < 1.29 is 18.7 Å². The molecule has 1 saturated carbocycles. The first kappa shape index (κ1) is 15.6. The van der Waals surface area contributed by atoms with E-state index in [9.17, 15) is 14.0 Å². The van der Waals surface area contributed by atoms with Gasteiger partial charge in [0, 0.05) is 24.6 Å². The van der Waals surface area contributed by atoms with Crippen LogP contribution in [0.3, 0.4) is 0 Å². The fourth-order valence-corrected chi connectivity index (χ4v) is 3.41. The Labute approximate surface area is 144 Å². The van der Waals surface area contributed by atoms with E-state index in [1.807, 2.05) is 0 Å². The quantitative estimate of drug-likeness (QED) is 0.909. The summed E-state index contributed by atoms with van der Waals surface area (Å²) in [6.45, 7) is 0.612. The number of rotatable bonds is 2. The number of benzene rings is 2. The van der Waals surface area contributed by atoms with Gasteiger partial charge in [0.05, 0.1) is 5.69 Å². The lowest BCUT2D eigenvalue weighted by Gasteiger charge is -2.32. The van der Waals surface area contributed by atoms with Crippen LogP contribution in [0, 0.1) is 5.82 Å². The number of likely N-dealkylation sites (N-methyl/N-ethyl adjacent to an activating group) is 1. The summed E-state index contributed by atoms with van der Waals surface area (Å²) in [7, 11) is 1.74. The fraction of sp³-hybridized carbons (Fsp3) is 0.263. The Morgan fingerprint density at radius 2 is 1.96 bits per heavy atom. The number of halogens is 1. The summed E-state index contributed by atoms with van der Waals surface area (Å²) in [6.07, 6.45) is 1.09. The molecule has 1 heterocycles. The number of hydrogen-bond acceptors (Lipinski definition) is 3. The summed E-state index contributed by atoms with van der Waals surface area (Å²) in [5.74, 6) is -0.370. The Bertz CT molecular complexity index is 862. The Balaban J connectivity index is 1.61. The Morgan fingerprint density at radius 1 is 1.24 bits per heavy atom. The number of ether oxygens (including phenoxy) is 1. The van der Waals surface area contributed by atoms with E-state index < -0.39 is 11.9 Å². The molecular weight excluding hydrogens is 323 g/mol. The predicted molar refractivity (Wildman–Crippen MR) is 90.4 cm³/mol. The van der Waals surface area contributed by atoms with Crippen LogP contribution in [-0.2, 0) is 5.41 Å². The van der Waals surface area contributed by atoms with Gasteiger partial charge in [-0.1, -0.05) is 18.2 Å². The first-order valence-corrected chi connectivity index (χ1v) is 8.12. The van der Waals surface area contributed by atoms with E-state index in [1.165, 1.54) is 12.1 Å². The van der Waals surface area contributed by atoms with E-state index in [0.717, 1.165) is 18.4 Å². The van der Waals surface area contributed by atoms with Crippen molar-refractivity contribution in [2.75, 3.05) is 18.9 Å². The van der Waals surface area contributed by atoms with Gasteiger partial charge >= 0.3 is 6.09 Å². The number of amides is 2. The highest BCUT2D eigenvalue weighted by molar-refractivity contribution is 5.99. The number of anilines is 1. The van der Waals surface area contributed by atoms with Crippen molar-refractivity contribution >= 4 is 17.7 Å². The van der Waals surface area contributed by atoms with Crippen molar-refractivity contribution in [2.24, 2.45) is 0 Å². The maximum Gasteiger partial charge on any atom is 0.417 e. The second-order valence-electron chi connectivity index (χ2n) is 6.65. The standard InChI is InChI=1S/C19H17FN2O3/c1-22-11-19(7-8-19)14-10-15(20)16(9-13(14)17(22)23)21-18(24)25-12-5-3-2-4-6-12/h2-6,9-10H,7-8,11H2,1H3,(H,21,24). The molecule has 0 radical (unpaired) electrons. The van der Waals surface area contributed by atoms with Crippen molar-refractivity contribution in [1.82, 2.24) is 4.90 Å². The zero-order valence-corrected chi connectivity index (χ0v) is 13.7. The van der Waals surface area contributed by atoms with Crippen LogP contribution < -0.4 is 10.1 Å². The molecule has 0 atom stereocenters. The molecule has 5 nitrogen and oxygen atoms in total. The van der Waals surface area contributed by atoms with Crippen molar-refractivity contribution in [3.05, 3.63) is 59.4 Å². The van der Waals surface area contributed by atoms with Crippen molar-refractivity contribution in [2.45, 2.75) is 18.3 Å². The molecule has 2 amide bonds. The Hall–Kier alpha value is -2.89. The molecule has 2 aliphatic rings. The van der Waals surface area contributed by atoms with Crippen LogP contribution >= 0.6 is 0 Å². The van der Waals surface area contributed by atoms with E-state index in [-0.39, 0.29) is 17.0 Å². The molecule has 1 aliphatic heterocycles. The molecule has 2 aromatic carbocycles. The van der Waals surface area contributed by atoms with E-state index in [1.54, 1.807) is 42.3 Å². The zero-order valence-electron chi connectivity index (χ0n) is 13.7. The number of hydrogen-bond donors (Lipinski definition) is 1. The van der Waals surface area contributed by atoms with Gasteiger partial charge in [0.25, 0.3) is 5.91 Å². The summed E-state index contributed by atoms with van der Waals surface area (Å²) < 4.78 is 19.6. The average Bonchev–Trinajstić information content (AvgIpc) is 3.35. The third kappa shape index (κ3) is 2.73. The largest absolute Gasteiger partial charge is 0.417 e. The molecule has 2 aromatic rings. The molecule has 128 valence electrons. The highest BCUT2D eigenvalue weighted by atomic mass is 19.1. The average molecular weight is 340 g/mol. The minimum absolute atomic E-state index is 0.0564. The van der Waals surface area contributed by atoms with Crippen LogP contribution in [0.15, 0.2) is 42.5 Å². The molecule has 25 heavy (non-hydrogen) atoms. The molecule has 0 bridgehead atoms. The van der Waals surface area contributed by atoms with Gasteiger partial charge in [0.15, 0.2) is 0 Å². The minimum atomic E-state index is -0.803. The number of carbonyl (C=O) groups is 2. The molecule has 1 N–H and O–H groups in total. The summed E-state index contributed by atoms with van der Waals surface area (Å²) in [6, 6.07) is 11.3. The molecule has 1 fully saturated rings. The summed E-state index contributed by atoms with van der Waals surface area (Å²) in [4.78, 5) is 26.1. The molecule has 4 rings (SSSR count). The van der Waals surface area contributed by atoms with Gasteiger partial charge in [-0.3, -0.25) is 10.1 Å². The third-order valence-corrected chi connectivity index (χ3v) is 4.84. The summed E-state index contributed by atoms with van der Waals surface area (Å²) in [5, 5.41) is 2.39. The second kappa shape index (κ2) is 5.58. The lowest BCUT2D eigenvalue weighted by molar-refractivity contribution is 0.0758. The van der Waals surface area contributed by atoms with Gasteiger partial charge in [0.2, 0.25) is 0 Å². The van der Waals surface area contributed by atoms with Crippen LogP contribution in [0.5, 0.6) is 5.75 Å². The molecule has 0 unspecified atom stereocenters. The zero-order chi connectivity index (χ0) is 17.6. The maximum absolute atomic E-state index is 14.5. The van der Waals surface area contributed by atoms with Crippen LogP contribution in [0.1, 0.15) is 28.8 Å². The SMILES string of the molecule is CN1CC2(CC2)c2cc(F)c(NC(=O)Oc3ccccc3)cc2C1=O. The second-order valence-corrected chi connectivity index (χ2v) is 6.65. The summed E-state index contributed by atoms with van der Waals surface area (Å²) >= 11 is 0. The Morgan fingerprint density at radius 3 is 2.64 bits per heavy atom. The van der Waals surface area contributed by atoms with E-state index in [4.69, 9.17) is 4.74 Å². The van der Waals surface area contributed by atoms with Gasteiger partial charge in [-0.2, -0.15) is 0 Å². The van der Waals surface area contributed by atoms with E-state index >= 15 is 0 Å². The van der Waals surface area contributed by atoms with Crippen LogP contribution in [0.4, 0.5) is 14.9 Å². The highest BCUT2D eigenvalue weighted by Crippen LogP contribution is 2.52. The third-order valence-electron chi connectivity index (χ3n) is 4.84. The molecule has 0 saturated heterocycles. The van der Waals surface area contributed by atoms with Gasteiger partial charge in [-0.25, -0.2) is 9.18 Å². The molecular formula is C19H17FN2O3. The topological polar surface area (TPSA) is 58.6 Å². The normalized spacial score (nSPS) is 17.2. The Kier molecular flexibility index (Phi) is 3.49.